The normalized spacial score (nSPS) is 11.1. The highest BCUT2D eigenvalue weighted by Gasteiger charge is 2.14. The largest absolute Gasteiger partial charge is 0.487 e. The van der Waals surface area contributed by atoms with Gasteiger partial charge in [-0.05, 0) is 32.0 Å². The molecule has 1 N–H and O–H groups in total. The van der Waals surface area contributed by atoms with Crippen LogP contribution in [-0.4, -0.2) is 20.9 Å². The molecule has 0 radical (unpaired) electrons. The molecule has 6 heteroatoms. The van der Waals surface area contributed by atoms with E-state index in [4.69, 9.17) is 14.3 Å². The van der Waals surface area contributed by atoms with Crippen LogP contribution in [0.1, 0.15) is 22.5 Å². The molecule has 0 saturated heterocycles. The number of rotatable bonds is 5. The lowest BCUT2D eigenvalue weighted by atomic mass is 10.1. The third kappa shape index (κ3) is 2.92. The number of fused-ring (bicyclic) bond motifs is 1. The van der Waals surface area contributed by atoms with Gasteiger partial charge in [-0.15, -0.1) is 0 Å². The Balaban J connectivity index is 1.86. The van der Waals surface area contributed by atoms with Crippen LogP contribution in [0.4, 0.5) is 0 Å². The summed E-state index contributed by atoms with van der Waals surface area (Å²) in [6.45, 7) is 4.25. The van der Waals surface area contributed by atoms with Crippen molar-refractivity contribution in [2.45, 2.75) is 26.9 Å². The summed E-state index contributed by atoms with van der Waals surface area (Å²) in [5.74, 6) is -0.162. The van der Waals surface area contributed by atoms with Gasteiger partial charge in [-0.3, -0.25) is 9.48 Å². The minimum absolute atomic E-state index is 0.0546. The van der Waals surface area contributed by atoms with E-state index >= 15 is 0 Å². The van der Waals surface area contributed by atoms with Crippen LogP contribution in [0.25, 0.3) is 11.0 Å². The third-order valence-electron chi connectivity index (χ3n) is 3.84. The molecule has 0 fully saturated rings. The number of carboxylic acid groups (broad SMARTS) is 1. The molecule has 0 aliphatic heterocycles. The molecule has 23 heavy (non-hydrogen) atoms. The summed E-state index contributed by atoms with van der Waals surface area (Å²) >= 11 is 0. The van der Waals surface area contributed by atoms with Gasteiger partial charge in [0.05, 0.1) is 24.1 Å². The Labute approximate surface area is 133 Å². The average molecular weight is 314 g/mol. The van der Waals surface area contributed by atoms with E-state index in [0.29, 0.717) is 23.5 Å². The second kappa shape index (κ2) is 5.79. The molecule has 0 spiro atoms. The summed E-state index contributed by atoms with van der Waals surface area (Å²) in [6, 6.07) is 5.67. The second-order valence-corrected chi connectivity index (χ2v) is 5.59. The van der Waals surface area contributed by atoms with Crippen LogP contribution in [0.3, 0.4) is 0 Å². The molecule has 0 saturated carbocycles. The Kier molecular flexibility index (Phi) is 3.82. The predicted octanol–water partition coefficient (Wildman–Crippen LogP) is 2.99. The van der Waals surface area contributed by atoms with Crippen molar-refractivity contribution in [3.63, 3.8) is 0 Å². The van der Waals surface area contributed by atoms with E-state index in [-0.39, 0.29) is 6.42 Å². The van der Waals surface area contributed by atoms with E-state index in [2.05, 4.69) is 5.10 Å². The lowest BCUT2D eigenvalue weighted by Crippen LogP contribution is -2.03. The van der Waals surface area contributed by atoms with Crippen LogP contribution in [0.2, 0.25) is 0 Å². The first-order valence-electron chi connectivity index (χ1n) is 7.29. The summed E-state index contributed by atoms with van der Waals surface area (Å²) in [5, 5.41) is 14.0. The summed E-state index contributed by atoms with van der Waals surface area (Å²) in [6.07, 6.45) is 1.45. The molecule has 0 aliphatic carbocycles. The Bertz CT molecular complexity index is 876. The summed E-state index contributed by atoms with van der Waals surface area (Å²) in [5.41, 5.74) is 4.12. The van der Waals surface area contributed by atoms with Crippen molar-refractivity contribution >= 4 is 16.9 Å². The maximum atomic E-state index is 10.9. The topological polar surface area (TPSA) is 77.5 Å². The Morgan fingerprint density at radius 2 is 2.17 bits per heavy atom. The van der Waals surface area contributed by atoms with Crippen LogP contribution >= 0.6 is 0 Å². The van der Waals surface area contributed by atoms with Gasteiger partial charge in [-0.25, -0.2) is 0 Å². The molecule has 1 aromatic carbocycles. The molecule has 3 aromatic rings. The molecule has 3 rings (SSSR count). The number of carboxylic acids is 1. The molecule has 0 bridgehead atoms. The van der Waals surface area contributed by atoms with E-state index in [0.717, 1.165) is 22.3 Å². The zero-order valence-corrected chi connectivity index (χ0v) is 13.3. The van der Waals surface area contributed by atoms with Gasteiger partial charge >= 0.3 is 5.97 Å². The van der Waals surface area contributed by atoms with Gasteiger partial charge < -0.3 is 14.3 Å². The first kappa shape index (κ1) is 15.1. The number of hydrogen-bond acceptors (Lipinski definition) is 4. The standard InChI is InChI=1S/C17H18N2O4/c1-10-6-13(19(3)18-10)9-22-15-5-4-14-12(7-16(20)21)8-23-17(14)11(15)2/h4-6,8H,7,9H2,1-3H3,(H,20,21). The number of aryl methyl sites for hydroxylation is 3. The number of ether oxygens (including phenoxy) is 1. The number of carbonyl (C=O) groups is 1. The molecule has 2 heterocycles. The van der Waals surface area contributed by atoms with E-state index < -0.39 is 5.97 Å². The highest BCUT2D eigenvalue weighted by molar-refractivity contribution is 5.88. The van der Waals surface area contributed by atoms with Crippen molar-refractivity contribution in [2.24, 2.45) is 7.05 Å². The van der Waals surface area contributed by atoms with Gasteiger partial charge in [-0.1, -0.05) is 0 Å². The predicted molar refractivity (Wildman–Crippen MR) is 84.6 cm³/mol. The number of aromatic nitrogens is 2. The Morgan fingerprint density at radius 1 is 1.39 bits per heavy atom. The van der Waals surface area contributed by atoms with Gasteiger partial charge in [0.1, 0.15) is 17.9 Å². The number of hydrogen-bond donors (Lipinski definition) is 1. The monoisotopic (exact) mass is 314 g/mol. The van der Waals surface area contributed by atoms with E-state index in [1.807, 2.05) is 39.1 Å². The zero-order chi connectivity index (χ0) is 16.6. The van der Waals surface area contributed by atoms with Crippen molar-refractivity contribution in [3.8, 4) is 5.75 Å². The minimum atomic E-state index is -0.878. The van der Waals surface area contributed by atoms with E-state index in [1.165, 1.54) is 6.26 Å². The Hall–Kier alpha value is -2.76. The van der Waals surface area contributed by atoms with Crippen LogP contribution in [-0.2, 0) is 24.9 Å². The molecule has 0 unspecified atom stereocenters. The summed E-state index contributed by atoms with van der Waals surface area (Å²) in [4.78, 5) is 10.9. The summed E-state index contributed by atoms with van der Waals surface area (Å²) < 4.78 is 13.2. The highest BCUT2D eigenvalue weighted by Crippen LogP contribution is 2.31. The van der Waals surface area contributed by atoms with Gasteiger partial charge in [0.15, 0.2) is 0 Å². The maximum Gasteiger partial charge on any atom is 0.307 e. The molecular weight excluding hydrogens is 296 g/mol. The van der Waals surface area contributed by atoms with Crippen molar-refractivity contribution < 1.29 is 19.1 Å². The summed E-state index contributed by atoms with van der Waals surface area (Å²) in [7, 11) is 1.88. The first-order chi connectivity index (χ1) is 11.0. The first-order valence-corrected chi connectivity index (χ1v) is 7.29. The minimum Gasteiger partial charge on any atom is -0.487 e. The SMILES string of the molecule is Cc1cc(COc2ccc3c(CC(=O)O)coc3c2C)n(C)n1. The van der Waals surface area contributed by atoms with Crippen molar-refractivity contribution in [2.75, 3.05) is 0 Å². The second-order valence-electron chi connectivity index (χ2n) is 5.59. The van der Waals surface area contributed by atoms with Gasteiger partial charge in [0, 0.05) is 23.6 Å². The van der Waals surface area contributed by atoms with Crippen LogP contribution < -0.4 is 4.74 Å². The number of benzene rings is 1. The van der Waals surface area contributed by atoms with E-state index in [9.17, 15) is 4.79 Å². The highest BCUT2D eigenvalue weighted by atomic mass is 16.5. The number of aliphatic carboxylic acids is 1. The third-order valence-corrected chi connectivity index (χ3v) is 3.84. The lowest BCUT2D eigenvalue weighted by molar-refractivity contribution is -0.136. The smallest absolute Gasteiger partial charge is 0.307 e. The average Bonchev–Trinajstić information content (AvgIpc) is 3.02. The van der Waals surface area contributed by atoms with Crippen molar-refractivity contribution in [1.29, 1.82) is 0 Å². The Morgan fingerprint density at radius 3 is 2.83 bits per heavy atom. The number of nitrogens with zero attached hydrogens (tertiary/aromatic N) is 2. The molecule has 0 aliphatic rings. The fourth-order valence-electron chi connectivity index (χ4n) is 2.68. The molecule has 6 nitrogen and oxygen atoms in total. The van der Waals surface area contributed by atoms with Crippen molar-refractivity contribution in [3.05, 3.63) is 47.0 Å². The number of furan rings is 1. The van der Waals surface area contributed by atoms with Gasteiger partial charge in [0.25, 0.3) is 0 Å². The molecule has 2 aromatic heterocycles. The molecule has 0 amide bonds. The van der Waals surface area contributed by atoms with Crippen LogP contribution in [0.5, 0.6) is 5.75 Å². The lowest BCUT2D eigenvalue weighted by Gasteiger charge is -2.09. The molecular formula is C17H18N2O4. The van der Waals surface area contributed by atoms with E-state index in [1.54, 1.807) is 4.68 Å². The van der Waals surface area contributed by atoms with Gasteiger partial charge in [0.2, 0.25) is 0 Å². The van der Waals surface area contributed by atoms with Crippen LogP contribution in [0, 0.1) is 13.8 Å². The van der Waals surface area contributed by atoms with Gasteiger partial charge in [-0.2, -0.15) is 5.10 Å². The molecule has 120 valence electrons. The zero-order valence-electron chi connectivity index (χ0n) is 13.3. The fourth-order valence-corrected chi connectivity index (χ4v) is 2.68. The maximum absolute atomic E-state index is 10.9. The fraction of sp³-hybridized carbons (Fsp3) is 0.294. The quantitative estimate of drug-likeness (QED) is 0.783. The van der Waals surface area contributed by atoms with Crippen LogP contribution in [0.15, 0.2) is 28.9 Å². The van der Waals surface area contributed by atoms with Crippen molar-refractivity contribution in [1.82, 2.24) is 9.78 Å². The molecule has 0 atom stereocenters.